The molecule has 0 heterocycles. The van der Waals surface area contributed by atoms with Crippen molar-refractivity contribution in [1.82, 2.24) is 0 Å². The zero-order valence-electron chi connectivity index (χ0n) is 9.61. The molecule has 1 aromatic carbocycles. The molecule has 1 heteroatoms. The molecule has 0 nitrogen and oxygen atoms in total. The van der Waals surface area contributed by atoms with E-state index in [0.717, 1.165) is 17.8 Å². The molecule has 3 rings (SSSR count). The molecule has 4 unspecified atom stereocenters. The Kier molecular flexibility index (Phi) is 2.93. The molecular formula is C15H19Cl. The lowest BCUT2D eigenvalue weighted by Crippen LogP contribution is -2.17. The van der Waals surface area contributed by atoms with Gasteiger partial charge in [-0.2, -0.15) is 0 Å². The first kappa shape index (κ1) is 10.7. The van der Waals surface area contributed by atoms with Gasteiger partial charge >= 0.3 is 0 Å². The lowest BCUT2D eigenvalue weighted by molar-refractivity contribution is 0.322. The van der Waals surface area contributed by atoms with Crippen LogP contribution in [0.1, 0.15) is 43.6 Å². The van der Waals surface area contributed by atoms with E-state index in [4.69, 9.17) is 11.6 Å². The van der Waals surface area contributed by atoms with Gasteiger partial charge in [0, 0.05) is 5.38 Å². The van der Waals surface area contributed by atoms with Gasteiger partial charge in [0.25, 0.3) is 0 Å². The van der Waals surface area contributed by atoms with Crippen LogP contribution in [0.4, 0.5) is 0 Å². The van der Waals surface area contributed by atoms with Crippen molar-refractivity contribution in [2.75, 3.05) is 0 Å². The maximum Gasteiger partial charge on any atom is 0.0338 e. The lowest BCUT2D eigenvalue weighted by atomic mass is 9.84. The first-order chi connectivity index (χ1) is 7.84. The number of rotatable bonds is 2. The third-order valence-corrected chi connectivity index (χ3v) is 4.72. The fourth-order valence-electron chi connectivity index (χ4n) is 3.37. The molecule has 1 aromatic rings. The van der Waals surface area contributed by atoms with Gasteiger partial charge in [0.15, 0.2) is 0 Å². The Bertz CT molecular complexity index is 346. The predicted molar refractivity (Wildman–Crippen MR) is 68.9 cm³/mol. The van der Waals surface area contributed by atoms with Crippen LogP contribution in [0.3, 0.4) is 0 Å². The third-order valence-electron chi connectivity index (χ3n) is 4.32. The van der Waals surface area contributed by atoms with Crippen LogP contribution in [0.2, 0.25) is 0 Å². The van der Waals surface area contributed by atoms with E-state index in [0.29, 0.717) is 5.38 Å². The monoisotopic (exact) mass is 234 g/mol. The smallest absolute Gasteiger partial charge is 0.0338 e. The normalized spacial score (nSPS) is 38.3. The summed E-state index contributed by atoms with van der Waals surface area (Å²) in [5.41, 5.74) is 1.55. The maximum atomic E-state index is 6.28. The van der Waals surface area contributed by atoms with Gasteiger partial charge in [-0.15, -0.1) is 11.6 Å². The van der Waals surface area contributed by atoms with Gasteiger partial charge in [0.2, 0.25) is 0 Å². The van der Waals surface area contributed by atoms with Crippen molar-refractivity contribution in [3.8, 4) is 0 Å². The average molecular weight is 235 g/mol. The second kappa shape index (κ2) is 4.41. The Morgan fingerprint density at radius 3 is 2.56 bits per heavy atom. The molecule has 0 N–H and O–H groups in total. The summed E-state index contributed by atoms with van der Waals surface area (Å²) >= 11 is 6.28. The van der Waals surface area contributed by atoms with E-state index in [1.165, 1.54) is 32.1 Å². The van der Waals surface area contributed by atoms with E-state index in [9.17, 15) is 0 Å². The van der Waals surface area contributed by atoms with E-state index in [-0.39, 0.29) is 0 Å². The average Bonchev–Trinajstić information content (AvgIpc) is 3.10. The van der Waals surface area contributed by atoms with Crippen LogP contribution in [-0.4, -0.2) is 5.38 Å². The SMILES string of the molecule is ClC1CCCC(C2CC2c2ccccc2)C1. The molecule has 0 aromatic heterocycles. The van der Waals surface area contributed by atoms with E-state index >= 15 is 0 Å². The van der Waals surface area contributed by atoms with Crippen molar-refractivity contribution in [2.45, 2.75) is 43.4 Å². The molecule has 2 fully saturated rings. The summed E-state index contributed by atoms with van der Waals surface area (Å²) in [6, 6.07) is 11.0. The molecule has 0 aliphatic heterocycles. The number of hydrogen-bond acceptors (Lipinski definition) is 0. The van der Waals surface area contributed by atoms with Crippen molar-refractivity contribution in [3.05, 3.63) is 35.9 Å². The molecule has 16 heavy (non-hydrogen) atoms. The number of alkyl halides is 1. The van der Waals surface area contributed by atoms with Crippen molar-refractivity contribution < 1.29 is 0 Å². The highest BCUT2D eigenvalue weighted by Crippen LogP contribution is 2.55. The van der Waals surface area contributed by atoms with Gasteiger partial charge in [0.1, 0.15) is 0 Å². The lowest BCUT2D eigenvalue weighted by Gasteiger charge is -2.25. The summed E-state index contributed by atoms with van der Waals surface area (Å²) in [6.07, 6.45) is 6.66. The van der Waals surface area contributed by atoms with Crippen LogP contribution < -0.4 is 0 Å². The van der Waals surface area contributed by atoms with Gasteiger partial charge in [0.05, 0.1) is 0 Å². The molecule has 0 bridgehead atoms. The Balaban J connectivity index is 1.63. The van der Waals surface area contributed by atoms with Crippen molar-refractivity contribution >= 4 is 11.6 Å². The Morgan fingerprint density at radius 1 is 1.00 bits per heavy atom. The van der Waals surface area contributed by atoms with E-state index < -0.39 is 0 Å². The highest BCUT2D eigenvalue weighted by molar-refractivity contribution is 6.20. The van der Waals surface area contributed by atoms with Crippen LogP contribution in [-0.2, 0) is 0 Å². The summed E-state index contributed by atoms with van der Waals surface area (Å²) in [4.78, 5) is 0. The number of halogens is 1. The molecule has 0 spiro atoms. The highest BCUT2D eigenvalue weighted by atomic mass is 35.5. The molecule has 0 saturated heterocycles. The summed E-state index contributed by atoms with van der Waals surface area (Å²) in [6.45, 7) is 0. The molecule has 2 aliphatic rings. The van der Waals surface area contributed by atoms with E-state index in [1.54, 1.807) is 5.56 Å². The highest BCUT2D eigenvalue weighted by Gasteiger charge is 2.44. The molecule has 0 amide bonds. The molecule has 86 valence electrons. The zero-order chi connectivity index (χ0) is 11.0. The first-order valence-electron chi connectivity index (χ1n) is 6.53. The van der Waals surface area contributed by atoms with Crippen molar-refractivity contribution in [3.63, 3.8) is 0 Å². The zero-order valence-corrected chi connectivity index (χ0v) is 10.4. The van der Waals surface area contributed by atoms with Gasteiger partial charge < -0.3 is 0 Å². The molecule has 4 atom stereocenters. The van der Waals surface area contributed by atoms with Crippen LogP contribution >= 0.6 is 11.6 Å². The van der Waals surface area contributed by atoms with Crippen LogP contribution in [0, 0.1) is 11.8 Å². The van der Waals surface area contributed by atoms with Gasteiger partial charge in [-0.3, -0.25) is 0 Å². The summed E-state index contributed by atoms with van der Waals surface area (Å²) in [5.74, 6) is 2.68. The second-order valence-corrected chi connectivity index (χ2v) is 6.06. The maximum absolute atomic E-state index is 6.28. The fraction of sp³-hybridized carbons (Fsp3) is 0.600. The van der Waals surface area contributed by atoms with Crippen LogP contribution in [0.25, 0.3) is 0 Å². The minimum absolute atomic E-state index is 0.454. The Morgan fingerprint density at radius 2 is 1.81 bits per heavy atom. The topological polar surface area (TPSA) is 0 Å². The van der Waals surface area contributed by atoms with E-state index in [1.807, 2.05) is 0 Å². The number of benzene rings is 1. The molecule has 2 saturated carbocycles. The number of hydrogen-bond donors (Lipinski definition) is 0. The molecular weight excluding hydrogens is 216 g/mol. The van der Waals surface area contributed by atoms with Crippen molar-refractivity contribution in [2.24, 2.45) is 11.8 Å². The van der Waals surface area contributed by atoms with Crippen LogP contribution in [0.15, 0.2) is 30.3 Å². The summed E-state index contributed by atoms with van der Waals surface area (Å²) < 4.78 is 0. The molecule has 0 radical (unpaired) electrons. The fourth-order valence-corrected chi connectivity index (χ4v) is 3.76. The summed E-state index contributed by atoms with van der Waals surface area (Å²) in [7, 11) is 0. The first-order valence-corrected chi connectivity index (χ1v) is 6.97. The Hall–Kier alpha value is -0.490. The standard InChI is InChI=1S/C15H19Cl/c16-13-8-4-7-12(9-13)15-10-14(15)11-5-2-1-3-6-11/h1-3,5-6,12-15H,4,7-10H2. The summed E-state index contributed by atoms with van der Waals surface area (Å²) in [5, 5.41) is 0.454. The molecule has 2 aliphatic carbocycles. The van der Waals surface area contributed by atoms with Gasteiger partial charge in [-0.1, -0.05) is 43.2 Å². The second-order valence-electron chi connectivity index (χ2n) is 5.44. The van der Waals surface area contributed by atoms with Crippen LogP contribution in [0.5, 0.6) is 0 Å². The third kappa shape index (κ3) is 2.13. The van der Waals surface area contributed by atoms with Gasteiger partial charge in [-0.25, -0.2) is 0 Å². The Labute approximate surface area is 103 Å². The minimum atomic E-state index is 0.454. The largest absolute Gasteiger partial charge is 0.123 e. The predicted octanol–water partition coefficient (Wildman–Crippen LogP) is 4.59. The van der Waals surface area contributed by atoms with Crippen molar-refractivity contribution in [1.29, 1.82) is 0 Å². The minimum Gasteiger partial charge on any atom is -0.123 e. The quantitative estimate of drug-likeness (QED) is 0.657. The van der Waals surface area contributed by atoms with E-state index in [2.05, 4.69) is 30.3 Å². The van der Waals surface area contributed by atoms with Gasteiger partial charge in [-0.05, 0) is 42.6 Å².